The van der Waals surface area contributed by atoms with Crippen LogP contribution in [0.25, 0.3) is 0 Å². The maximum Gasteiger partial charge on any atom is 0.239 e. The van der Waals surface area contributed by atoms with Gasteiger partial charge in [0.25, 0.3) is 0 Å². The molecule has 4 N–H and O–H groups in total. The van der Waals surface area contributed by atoms with Crippen molar-refractivity contribution in [3.8, 4) is 0 Å². The van der Waals surface area contributed by atoms with Crippen molar-refractivity contribution in [2.75, 3.05) is 6.54 Å². The SMILES string of the molecule is CC(C)[C@H](N)C(=O)NCC(=O)NC(CC1CCCCC1)C(C)(C)C.Cl. The molecule has 5 nitrogen and oxygen atoms in total. The Morgan fingerprint density at radius 1 is 1.12 bits per heavy atom. The summed E-state index contributed by atoms with van der Waals surface area (Å²) in [6.07, 6.45) is 7.50. The molecule has 0 radical (unpaired) electrons. The summed E-state index contributed by atoms with van der Waals surface area (Å²) >= 11 is 0. The first-order chi connectivity index (χ1) is 11.1. The highest BCUT2D eigenvalue weighted by molar-refractivity contribution is 5.87. The summed E-state index contributed by atoms with van der Waals surface area (Å²) in [6.45, 7) is 10.3. The van der Waals surface area contributed by atoms with Gasteiger partial charge < -0.3 is 16.4 Å². The Morgan fingerprint density at radius 3 is 2.16 bits per heavy atom. The molecule has 0 saturated heterocycles. The zero-order valence-electron chi connectivity index (χ0n) is 16.6. The molecule has 0 aromatic heterocycles. The first-order valence-corrected chi connectivity index (χ1v) is 9.44. The fourth-order valence-electron chi connectivity index (χ4n) is 3.22. The van der Waals surface area contributed by atoms with Gasteiger partial charge in [0.05, 0.1) is 12.6 Å². The number of carbonyl (C=O) groups is 2. The molecular formula is C19H38ClN3O2. The van der Waals surface area contributed by atoms with E-state index < -0.39 is 6.04 Å². The maximum absolute atomic E-state index is 12.3. The molecule has 0 spiro atoms. The monoisotopic (exact) mass is 375 g/mol. The fraction of sp³-hybridized carbons (Fsp3) is 0.895. The summed E-state index contributed by atoms with van der Waals surface area (Å²) in [5.41, 5.74) is 5.80. The Hall–Kier alpha value is -0.810. The number of halogens is 1. The average molecular weight is 376 g/mol. The summed E-state index contributed by atoms with van der Waals surface area (Å²) in [5.74, 6) is 0.365. The van der Waals surface area contributed by atoms with Crippen molar-refractivity contribution in [3.63, 3.8) is 0 Å². The van der Waals surface area contributed by atoms with Crippen LogP contribution in [0.2, 0.25) is 0 Å². The molecule has 6 heteroatoms. The van der Waals surface area contributed by atoms with Crippen LogP contribution in [0.3, 0.4) is 0 Å². The lowest BCUT2D eigenvalue weighted by Crippen LogP contribution is -2.51. The number of rotatable bonds is 7. The van der Waals surface area contributed by atoms with Gasteiger partial charge in [-0.2, -0.15) is 0 Å². The van der Waals surface area contributed by atoms with Crippen LogP contribution >= 0.6 is 12.4 Å². The van der Waals surface area contributed by atoms with Gasteiger partial charge in [-0.15, -0.1) is 12.4 Å². The molecule has 1 saturated carbocycles. The molecule has 1 unspecified atom stereocenters. The number of nitrogens with two attached hydrogens (primary N) is 1. The minimum Gasteiger partial charge on any atom is -0.351 e. The van der Waals surface area contributed by atoms with Crippen LogP contribution in [-0.2, 0) is 9.59 Å². The van der Waals surface area contributed by atoms with E-state index in [1.54, 1.807) is 0 Å². The van der Waals surface area contributed by atoms with E-state index in [1.807, 2.05) is 13.8 Å². The van der Waals surface area contributed by atoms with E-state index in [9.17, 15) is 9.59 Å². The third kappa shape index (κ3) is 8.91. The molecule has 0 aromatic rings. The van der Waals surface area contributed by atoms with Crippen LogP contribution in [0.1, 0.15) is 73.1 Å². The molecule has 0 aromatic carbocycles. The lowest BCUT2D eigenvalue weighted by molar-refractivity contribution is -0.128. The molecule has 1 aliphatic rings. The molecule has 0 heterocycles. The maximum atomic E-state index is 12.3. The predicted octanol–water partition coefficient (Wildman–Crippen LogP) is 3.01. The first-order valence-electron chi connectivity index (χ1n) is 9.44. The van der Waals surface area contributed by atoms with Crippen LogP contribution in [0, 0.1) is 17.3 Å². The van der Waals surface area contributed by atoms with Crippen molar-refractivity contribution in [3.05, 3.63) is 0 Å². The highest BCUT2D eigenvalue weighted by atomic mass is 35.5. The highest BCUT2D eigenvalue weighted by Gasteiger charge is 2.29. The lowest BCUT2D eigenvalue weighted by Gasteiger charge is -2.35. The largest absolute Gasteiger partial charge is 0.351 e. The Morgan fingerprint density at radius 2 is 1.68 bits per heavy atom. The van der Waals surface area contributed by atoms with Gasteiger partial charge in [0.1, 0.15) is 0 Å². The van der Waals surface area contributed by atoms with Crippen LogP contribution in [-0.4, -0.2) is 30.4 Å². The van der Waals surface area contributed by atoms with Crippen molar-refractivity contribution < 1.29 is 9.59 Å². The van der Waals surface area contributed by atoms with Gasteiger partial charge in [-0.1, -0.05) is 66.7 Å². The van der Waals surface area contributed by atoms with Gasteiger partial charge in [-0.05, 0) is 23.7 Å². The normalized spacial score (nSPS) is 18.2. The van der Waals surface area contributed by atoms with E-state index in [0.717, 1.165) is 6.42 Å². The van der Waals surface area contributed by atoms with Gasteiger partial charge in [0.2, 0.25) is 11.8 Å². The molecule has 25 heavy (non-hydrogen) atoms. The number of hydrogen-bond donors (Lipinski definition) is 3. The Bertz CT molecular complexity index is 415. The molecule has 2 atom stereocenters. The highest BCUT2D eigenvalue weighted by Crippen LogP contribution is 2.32. The summed E-state index contributed by atoms with van der Waals surface area (Å²) in [6, 6.07) is -0.442. The third-order valence-electron chi connectivity index (χ3n) is 5.12. The molecule has 0 bridgehead atoms. The molecule has 1 rings (SSSR count). The van der Waals surface area contributed by atoms with Crippen LogP contribution in [0.15, 0.2) is 0 Å². The quantitative estimate of drug-likeness (QED) is 0.639. The van der Waals surface area contributed by atoms with E-state index >= 15 is 0 Å². The minimum atomic E-state index is -0.571. The van der Waals surface area contributed by atoms with Crippen LogP contribution in [0.5, 0.6) is 0 Å². The van der Waals surface area contributed by atoms with E-state index in [1.165, 1.54) is 32.1 Å². The van der Waals surface area contributed by atoms with Crippen molar-refractivity contribution in [2.45, 2.75) is 85.2 Å². The second-order valence-electron chi connectivity index (χ2n) is 8.71. The van der Waals surface area contributed by atoms with Crippen molar-refractivity contribution in [1.29, 1.82) is 0 Å². The van der Waals surface area contributed by atoms with Gasteiger partial charge in [0, 0.05) is 6.04 Å². The summed E-state index contributed by atoms with van der Waals surface area (Å²) in [7, 11) is 0. The number of nitrogens with one attached hydrogen (secondary N) is 2. The van der Waals surface area contributed by atoms with Crippen LogP contribution < -0.4 is 16.4 Å². The molecule has 1 aliphatic carbocycles. The predicted molar refractivity (Wildman–Crippen MR) is 106 cm³/mol. The third-order valence-corrected chi connectivity index (χ3v) is 5.12. The minimum absolute atomic E-state index is 0. The average Bonchev–Trinajstić information content (AvgIpc) is 2.51. The van der Waals surface area contributed by atoms with Crippen LogP contribution in [0.4, 0.5) is 0 Å². The smallest absolute Gasteiger partial charge is 0.239 e. The van der Waals surface area contributed by atoms with Crippen molar-refractivity contribution >= 4 is 24.2 Å². The van der Waals surface area contributed by atoms with E-state index in [4.69, 9.17) is 5.73 Å². The van der Waals surface area contributed by atoms with E-state index in [0.29, 0.717) is 5.92 Å². The molecule has 1 fully saturated rings. The summed E-state index contributed by atoms with van der Waals surface area (Å²) in [4.78, 5) is 24.1. The number of carbonyl (C=O) groups excluding carboxylic acids is 2. The summed E-state index contributed by atoms with van der Waals surface area (Å²) in [5, 5.41) is 5.78. The Labute approximate surface area is 159 Å². The Kier molecular flexibility index (Phi) is 10.7. The standard InChI is InChI=1S/C19H37N3O2.ClH/c1-13(2)17(20)18(24)21-12-16(23)22-15(19(3,4)5)11-14-9-7-6-8-10-14;/h13-15,17H,6-12,20H2,1-5H3,(H,21,24)(H,22,23);1H/t15?,17-;/m0./s1. The second-order valence-corrected chi connectivity index (χ2v) is 8.71. The second kappa shape index (κ2) is 11.0. The van der Waals surface area contributed by atoms with E-state index in [2.05, 4.69) is 31.4 Å². The fourth-order valence-corrected chi connectivity index (χ4v) is 3.22. The van der Waals surface area contributed by atoms with Gasteiger partial charge in [0.15, 0.2) is 0 Å². The van der Waals surface area contributed by atoms with Gasteiger partial charge in [-0.3, -0.25) is 9.59 Å². The van der Waals surface area contributed by atoms with Crippen molar-refractivity contribution in [2.24, 2.45) is 23.0 Å². The number of hydrogen-bond acceptors (Lipinski definition) is 3. The van der Waals surface area contributed by atoms with Gasteiger partial charge in [-0.25, -0.2) is 0 Å². The molecular weight excluding hydrogens is 338 g/mol. The molecule has 0 aliphatic heterocycles. The zero-order chi connectivity index (χ0) is 18.3. The lowest BCUT2D eigenvalue weighted by atomic mass is 9.77. The zero-order valence-corrected chi connectivity index (χ0v) is 17.4. The Balaban J connectivity index is 0.00000576. The topological polar surface area (TPSA) is 84.2 Å². The van der Waals surface area contributed by atoms with Gasteiger partial charge >= 0.3 is 0 Å². The molecule has 148 valence electrons. The first kappa shape index (κ1) is 24.2. The van der Waals surface area contributed by atoms with E-state index in [-0.39, 0.29) is 48.1 Å². The number of amides is 2. The summed E-state index contributed by atoms with van der Waals surface area (Å²) < 4.78 is 0. The molecule has 2 amide bonds. The van der Waals surface area contributed by atoms with Crippen molar-refractivity contribution in [1.82, 2.24) is 10.6 Å².